The Kier molecular flexibility index (Phi) is 4.08. The molecule has 7 heteroatoms. The Morgan fingerprint density at radius 1 is 1.55 bits per heavy atom. The van der Waals surface area contributed by atoms with Crippen LogP contribution in [0.5, 0.6) is 0 Å². The van der Waals surface area contributed by atoms with Crippen LogP contribution in [0.1, 0.15) is 26.5 Å². The van der Waals surface area contributed by atoms with Gasteiger partial charge in [0, 0.05) is 24.7 Å². The number of anilines is 2. The van der Waals surface area contributed by atoms with Crippen molar-refractivity contribution in [3.05, 3.63) is 23.3 Å². The molecule has 0 fully saturated rings. The predicted octanol–water partition coefficient (Wildman–Crippen LogP) is 2.46. The van der Waals surface area contributed by atoms with Gasteiger partial charge in [-0.1, -0.05) is 0 Å². The Morgan fingerprint density at radius 2 is 2.30 bits per heavy atom. The molecule has 0 amide bonds. The van der Waals surface area contributed by atoms with E-state index in [9.17, 15) is 4.79 Å². The minimum Gasteiger partial charge on any atom is -0.465 e. The summed E-state index contributed by atoms with van der Waals surface area (Å²) in [4.78, 5) is 16.4. The number of aromatic nitrogens is 3. The van der Waals surface area contributed by atoms with Crippen LogP contribution in [0.15, 0.2) is 17.6 Å². The second kappa shape index (κ2) is 5.62. The molecule has 0 aliphatic carbocycles. The molecule has 0 unspecified atom stereocenters. The van der Waals surface area contributed by atoms with Gasteiger partial charge in [-0.25, -0.2) is 4.98 Å². The van der Waals surface area contributed by atoms with Gasteiger partial charge in [-0.3, -0.25) is 9.48 Å². The monoisotopic (exact) mass is 294 g/mol. The smallest absolute Gasteiger partial charge is 0.317 e. The maximum Gasteiger partial charge on any atom is 0.317 e. The molecule has 2 aromatic rings. The van der Waals surface area contributed by atoms with Gasteiger partial charge in [0.1, 0.15) is 5.41 Å². The normalized spacial score (nSPS) is 11.4. The average molecular weight is 294 g/mol. The summed E-state index contributed by atoms with van der Waals surface area (Å²) in [6.07, 6.45) is 1.85. The van der Waals surface area contributed by atoms with Crippen molar-refractivity contribution in [2.75, 3.05) is 11.9 Å². The fraction of sp³-hybridized carbons (Fsp3) is 0.462. The molecule has 108 valence electrons. The summed E-state index contributed by atoms with van der Waals surface area (Å²) in [5, 5.41) is 9.90. The molecular weight excluding hydrogens is 276 g/mol. The number of ether oxygens (including phenoxy) is 1. The number of rotatable bonds is 5. The van der Waals surface area contributed by atoms with E-state index in [2.05, 4.69) is 15.4 Å². The second-order valence-electron chi connectivity index (χ2n) is 4.88. The molecule has 2 rings (SSSR count). The summed E-state index contributed by atoms with van der Waals surface area (Å²) in [6, 6.07) is 1.86. The first-order valence-corrected chi connectivity index (χ1v) is 7.21. The largest absolute Gasteiger partial charge is 0.465 e. The summed E-state index contributed by atoms with van der Waals surface area (Å²) in [6.45, 7) is 5.78. The highest BCUT2D eigenvalue weighted by atomic mass is 32.1. The first-order chi connectivity index (χ1) is 9.43. The van der Waals surface area contributed by atoms with Crippen LogP contribution in [-0.2, 0) is 22.0 Å². The lowest BCUT2D eigenvalue weighted by Gasteiger charge is -2.19. The fourth-order valence-electron chi connectivity index (χ4n) is 1.63. The van der Waals surface area contributed by atoms with Gasteiger partial charge in [0.15, 0.2) is 10.9 Å². The lowest BCUT2D eigenvalue weighted by molar-refractivity contribution is -0.148. The first-order valence-electron chi connectivity index (χ1n) is 6.33. The maximum atomic E-state index is 11.9. The van der Waals surface area contributed by atoms with E-state index in [0.29, 0.717) is 17.4 Å². The van der Waals surface area contributed by atoms with Gasteiger partial charge in [-0.2, -0.15) is 5.10 Å². The highest BCUT2D eigenvalue weighted by Gasteiger charge is 2.33. The Hall–Kier alpha value is -1.89. The van der Waals surface area contributed by atoms with Crippen LogP contribution in [0, 0.1) is 0 Å². The molecule has 2 heterocycles. The topological polar surface area (TPSA) is 69.0 Å². The minimum atomic E-state index is -0.753. The fourth-order valence-corrected chi connectivity index (χ4v) is 2.51. The molecule has 0 saturated heterocycles. The lowest BCUT2D eigenvalue weighted by atomic mass is 9.90. The zero-order valence-electron chi connectivity index (χ0n) is 12.0. The van der Waals surface area contributed by atoms with Crippen molar-refractivity contribution in [1.82, 2.24) is 14.8 Å². The lowest BCUT2D eigenvalue weighted by Crippen LogP contribution is -2.31. The zero-order chi connectivity index (χ0) is 14.8. The van der Waals surface area contributed by atoms with Crippen LogP contribution in [-0.4, -0.2) is 27.3 Å². The van der Waals surface area contributed by atoms with Gasteiger partial charge < -0.3 is 10.1 Å². The van der Waals surface area contributed by atoms with E-state index >= 15 is 0 Å². The van der Waals surface area contributed by atoms with Gasteiger partial charge in [0.05, 0.1) is 12.3 Å². The van der Waals surface area contributed by atoms with Crippen LogP contribution < -0.4 is 5.32 Å². The van der Waals surface area contributed by atoms with E-state index in [1.807, 2.05) is 38.5 Å². The summed E-state index contributed by atoms with van der Waals surface area (Å²) in [5.74, 6) is 0.456. The second-order valence-corrected chi connectivity index (χ2v) is 5.74. The predicted molar refractivity (Wildman–Crippen MR) is 78.3 cm³/mol. The van der Waals surface area contributed by atoms with Crippen molar-refractivity contribution in [2.24, 2.45) is 7.05 Å². The van der Waals surface area contributed by atoms with Crippen molar-refractivity contribution in [3.63, 3.8) is 0 Å². The minimum absolute atomic E-state index is 0.269. The third-order valence-corrected chi connectivity index (χ3v) is 3.64. The van der Waals surface area contributed by atoms with E-state index in [1.54, 1.807) is 11.6 Å². The number of nitrogens with one attached hydrogen (secondary N) is 1. The van der Waals surface area contributed by atoms with Gasteiger partial charge in [0.2, 0.25) is 0 Å². The number of esters is 1. The number of hydrogen-bond acceptors (Lipinski definition) is 6. The third kappa shape index (κ3) is 2.98. The quantitative estimate of drug-likeness (QED) is 0.858. The van der Waals surface area contributed by atoms with E-state index in [0.717, 1.165) is 5.82 Å². The number of nitrogens with zero attached hydrogens (tertiary/aromatic N) is 3. The van der Waals surface area contributed by atoms with Crippen LogP contribution >= 0.6 is 11.3 Å². The average Bonchev–Trinajstić information content (AvgIpc) is 3.00. The van der Waals surface area contributed by atoms with Gasteiger partial charge >= 0.3 is 5.97 Å². The van der Waals surface area contributed by atoms with Crippen molar-refractivity contribution in [3.8, 4) is 0 Å². The molecule has 0 radical (unpaired) electrons. The standard InChI is InChI=1S/C13H18N4O2S/c1-5-19-11(18)13(2,3)9-8-20-12(14-9)15-10-6-7-17(4)16-10/h6-8H,5H2,1-4H3,(H,14,15,16). The number of hydrogen-bond donors (Lipinski definition) is 1. The molecule has 0 aliphatic heterocycles. The van der Waals surface area contributed by atoms with Crippen molar-refractivity contribution >= 4 is 28.3 Å². The molecule has 0 atom stereocenters. The molecule has 0 spiro atoms. The molecule has 2 aromatic heterocycles. The van der Waals surface area contributed by atoms with Crippen LogP contribution in [0.25, 0.3) is 0 Å². The Balaban J connectivity index is 2.14. The summed E-state index contributed by atoms with van der Waals surface area (Å²) < 4.78 is 6.79. The van der Waals surface area contributed by atoms with Gasteiger partial charge in [-0.15, -0.1) is 11.3 Å². The SMILES string of the molecule is CCOC(=O)C(C)(C)c1csc(Nc2ccn(C)n2)n1. The number of carbonyl (C=O) groups excluding carboxylic acids is 1. The Labute approximate surface area is 121 Å². The molecule has 0 bridgehead atoms. The van der Waals surface area contributed by atoms with Crippen LogP contribution in [0.4, 0.5) is 10.9 Å². The summed E-state index contributed by atoms with van der Waals surface area (Å²) >= 11 is 1.44. The van der Waals surface area contributed by atoms with Crippen molar-refractivity contribution in [1.29, 1.82) is 0 Å². The molecule has 0 aliphatic rings. The van der Waals surface area contributed by atoms with E-state index in [1.165, 1.54) is 11.3 Å². The highest BCUT2D eigenvalue weighted by Crippen LogP contribution is 2.29. The zero-order valence-corrected chi connectivity index (χ0v) is 12.8. The number of aryl methyl sites for hydroxylation is 1. The third-order valence-electron chi connectivity index (χ3n) is 2.88. The maximum absolute atomic E-state index is 11.9. The first kappa shape index (κ1) is 14.5. The van der Waals surface area contributed by atoms with Crippen molar-refractivity contribution in [2.45, 2.75) is 26.2 Å². The van der Waals surface area contributed by atoms with Crippen LogP contribution in [0.2, 0.25) is 0 Å². The van der Waals surface area contributed by atoms with E-state index < -0.39 is 5.41 Å². The van der Waals surface area contributed by atoms with E-state index in [-0.39, 0.29) is 5.97 Å². The molecule has 0 saturated carbocycles. The Bertz CT molecular complexity index is 603. The molecular formula is C13H18N4O2S. The van der Waals surface area contributed by atoms with Gasteiger partial charge in [0.25, 0.3) is 0 Å². The summed E-state index contributed by atoms with van der Waals surface area (Å²) in [7, 11) is 1.85. The number of thiazole rings is 1. The molecule has 6 nitrogen and oxygen atoms in total. The highest BCUT2D eigenvalue weighted by molar-refractivity contribution is 7.13. The van der Waals surface area contributed by atoms with Crippen LogP contribution in [0.3, 0.4) is 0 Å². The van der Waals surface area contributed by atoms with Gasteiger partial charge in [-0.05, 0) is 20.8 Å². The van der Waals surface area contributed by atoms with E-state index in [4.69, 9.17) is 4.74 Å². The molecule has 20 heavy (non-hydrogen) atoms. The molecule has 0 aromatic carbocycles. The van der Waals surface area contributed by atoms with Crippen molar-refractivity contribution < 1.29 is 9.53 Å². The summed E-state index contributed by atoms with van der Waals surface area (Å²) in [5.41, 5.74) is -0.0595. The molecule has 1 N–H and O–H groups in total. The Morgan fingerprint density at radius 3 is 2.90 bits per heavy atom. The number of carbonyl (C=O) groups is 1.